The first-order valence-corrected chi connectivity index (χ1v) is 7.77. The molecule has 0 aromatic heterocycles. The first-order chi connectivity index (χ1) is 10.1. The minimum absolute atomic E-state index is 0.600. The maximum atomic E-state index is 2.50. The number of anilines is 1. The summed E-state index contributed by atoms with van der Waals surface area (Å²) in [7, 11) is 2.23. The molecule has 2 heteroatoms. The van der Waals surface area contributed by atoms with Gasteiger partial charge in [0, 0.05) is 30.9 Å². The Morgan fingerprint density at radius 1 is 0.762 bits per heavy atom. The van der Waals surface area contributed by atoms with Crippen molar-refractivity contribution in [3.63, 3.8) is 0 Å². The zero-order valence-electron chi connectivity index (χ0n) is 13.2. The van der Waals surface area contributed by atoms with Crippen molar-refractivity contribution < 1.29 is 0 Å². The monoisotopic (exact) mass is 280 g/mol. The summed E-state index contributed by atoms with van der Waals surface area (Å²) in [6, 6.07) is 20.7. The molecule has 0 radical (unpaired) electrons. The highest BCUT2D eigenvalue weighted by atomic mass is 15.3. The molecule has 1 aliphatic heterocycles. The van der Waals surface area contributed by atoms with Crippen LogP contribution in [0, 0.1) is 0 Å². The van der Waals surface area contributed by atoms with E-state index in [1.807, 2.05) is 0 Å². The fourth-order valence-corrected chi connectivity index (χ4v) is 3.11. The maximum absolute atomic E-state index is 2.50. The van der Waals surface area contributed by atoms with Crippen molar-refractivity contribution in [3.05, 3.63) is 54.6 Å². The standard InChI is InChI=1S/C19H24N2/c1-15-13-21(14-16(2)20(15)3)19-11-9-18(10-12-19)17-7-5-4-6-8-17/h4-12,15-16H,13-14H2,1-3H3/t15-,16+. The smallest absolute Gasteiger partial charge is 0.0367 e. The topological polar surface area (TPSA) is 6.48 Å². The minimum Gasteiger partial charge on any atom is -0.368 e. The van der Waals surface area contributed by atoms with Crippen LogP contribution in [-0.2, 0) is 0 Å². The van der Waals surface area contributed by atoms with E-state index in [1.54, 1.807) is 0 Å². The molecule has 3 rings (SSSR count). The Morgan fingerprint density at radius 3 is 1.86 bits per heavy atom. The fourth-order valence-electron chi connectivity index (χ4n) is 3.11. The zero-order chi connectivity index (χ0) is 14.8. The number of rotatable bonds is 2. The average molecular weight is 280 g/mol. The molecule has 0 saturated carbocycles. The number of piperazine rings is 1. The largest absolute Gasteiger partial charge is 0.368 e. The SMILES string of the molecule is C[C@@H]1CN(c2ccc(-c3ccccc3)cc2)C[C@H](C)N1C. The van der Waals surface area contributed by atoms with Crippen LogP contribution in [0.3, 0.4) is 0 Å². The molecular weight excluding hydrogens is 256 g/mol. The van der Waals surface area contributed by atoms with Gasteiger partial charge in [-0.05, 0) is 44.2 Å². The summed E-state index contributed by atoms with van der Waals surface area (Å²) in [5.74, 6) is 0. The van der Waals surface area contributed by atoms with Crippen molar-refractivity contribution in [2.45, 2.75) is 25.9 Å². The highest BCUT2D eigenvalue weighted by Crippen LogP contribution is 2.25. The molecule has 0 spiro atoms. The van der Waals surface area contributed by atoms with E-state index in [1.165, 1.54) is 16.8 Å². The van der Waals surface area contributed by atoms with Gasteiger partial charge in [-0.25, -0.2) is 0 Å². The van der Waals surface area contributed by atoms with Crippen molar-refractivity contribution in [1.82, 2.24) is 4.90 Å². The van der Waals surface area contributed by atoms with Crippen LogP contribution < -0.4 is 4.90 Å². The van der Waals surface area contributed by atoms with E-state index in [9.17, 15) is 0 Å². The van der Waals surface area contributed by atoms with Crippen LogP contribution in [0.4, 0.5) is 5.69 Å². The molecule has 1 heterocycles. The Labute approximate surface area is 128 Å². The Balaban J connectivity index is 1.78. The predicted octanol–water partition coefficient (Wildman–Crippen LogP) is 3.88. The van der Waals surface area contributed by atoms with Gasteiger partial charge < -0.3 is 4.90 Å². The van der Waals surface area contributed by atoms with E-state index >= 15 is 0 Å². The minimum atomic E-state index is 0.600. The summed E-state index contributed by atoms with van der Waals surface area (Å²) >= 11 is 0. The van der Waals surface area contributed by atoms with Gasteiger partial charge in [-0.2, -0.15) is 0 Å². The second-order valence-corrected chi connectivity index (χ2v) is 6.18. The molecule has 0 amide bonds. The van der Waals surface area contributed by atoms with Crippen LogP contribution in [0.15, 0.2) is 54.6 Å². The lowest BCUT2D eigenvalue weighted by Crippen LogP contribution is -2.55. The second kappa shape index (κ2) is 5.90. The maximum Gasteiger partial charge on any atom is 0.0367 e. The normalized spacial score (nSPS) is 23.3. The first kappa shape index (κ1) is 14.2. The highest BCUT2D eigenvalue weighted by molar-refractivity contribution is 5.66. The van der Waals surface area contributed by atoms with Crippen LogP contribution in [0.1, 0.15) is 13.8 Å². The van der Waals surface area contributed by atoms with Gasteiger partial charge in [-0.15, -0.1) is 0 Å². The van der Waals surface area contributed by atoms with E-state index in [4.69, 9.17) is 0 Å². The van der Waals surface area contributed by atoms with E-state index in [0.717, 1.165) is 13.1 Å². The summed E-state index contributed by atoms with van der Waals surface area (Å²) in [5.41, 5.74) is 3.90. The molecule has 2 aromatic carbocycles. The van der Waals surface area contributed by atoms with Crippen molar-refractivity contribution in [3.8, 4) is 11.1 Å². The van der Waals surface area contributed by atoms with Gasteiger partial charge in [0.05, 0.1) is 0 Å². The quantitative estimate of drug-likeness (QED) is 0.823. The lowest BCUT2D eigenvalue weighted by molar-refractivity contribution is 0.170. The number of hydrogen-bond acceptors (Lipinski definition) is 2. The van der Waals surface area contributed by atoms with E-state index in [-0.39, 0.29) is 0 Å². The van der Waals surface area contributed by atoms with Crippen LogP contribution in [-0.4, -0.2) is 37.1 Å². The van der Waals surface area contributed by atoms with Crippen LogP contribution >= 0.6 is 0 Å². The Bertz CT molecular complexity index is 564. The number of nitrogens with zero attached hydrogens (tertiary/aromatic N) is 2. The molecular formula is C19H24N2. The fraction of sp³-hybridized carbons (Fsp3) is 0.368. The van der Waals surface area contributed by atoms with E-state index < -0.39 is 0 Å². The van der Waals surface area contributed by atoms with Gasteiger partial charge in [0.2, 0.25) is 0 Å². The summed E-state index contributed by atoms with van der Waals surface area (Å²) in [4.78, 5) is 4.97. The van der Waals surface area contributed by atoms with Gasteiger partial charge in [-0.1, -0.05) is 42.5 Å². The summed E-state index contributed by atoms with van der Waals surface area (Å²) in [6.07, 6.45) is 0. The second-order valence-electron chi connectivity index (χ2n) is 6.18. The van der Waals surface area contributed by atoms with E-state index in [2.05, 4.69) is 85.3 Å². The van der Waals surface area contributed by atoms with Gasteiger partial charge in [0.15, 0.2) is 0 Å². The molecule has 1 aliphatic rings. The summed E-state index contributed by atoms with van der Waals surface area (Å²) in [5, 5.41) is 0. The summed E-state index contributed by atoms with van der Waals surface area (Å²) < 4.78 is 0. The summed E-state index contributed by atoms with van der Waals surface area (Å²) in [6.45, 7) is 6.82. The van der Waals surface area contributed by atoms with Gasteiger partial charge in [-0.3, -0.25) is 4.90 Å². The van der Waals surface area contributed by atoms with Crippen LogP contribution in [0.5, 0.6) is 0 Å². The van der Waals surface area contributed by atoms with Gasteiger partial charge in [0.25, 0.3) is 0 Å². The van der Waals surface area contributed by atoms with Crippen LogP contribution in [0.2, 0.25) is 0 Å². The van der Waals surface area contributed by atoms with Gasteiger partial charge >= 0.3 is 0 Å². The Kier molecular flexibility index (Phi) is 3.98. The zero-order valence-corrected chi connectivity index (χ0v) is 13.2. The lowest BCUT2D eigenvalue weighted by atomic mass is 10.0. The van der Waals surface area contributed by atoms with Crippen molar-refractivity contribution in [2.24, 2.45) is 0 Å². The number of hydrogen-bond donors (Lipinski definition) is 0. The van der Waals surface area contributed by atoms with Crippen LogP contribution in [0.25, 0.3) is 11.1 Å². The molecule has 1 saturated heterocycles. The lowest BCUT2D eigenvalue weighted by Gasteiger charge is -2.43. The predicted molar refractivity (Wildman–Crippen MR) is 90.8 cm³/mol. The van der Waals surface area contributed by atoms with Crippen molar-refractivity contribution in [2.75, 3.05) is 25.0 Å². The Morgan fingerprint density at radius 2 is 1.29 bits per heavy atom. The first-order valence-electron chi connectivity index (χ1n) is 7.77. The molecule has 0 N–H and O–H groups in total. The Hall–Kier alpha value is -1.80. The molecule has 0 aliphatic carbocycles. The molecule has 2 aromatic rings. The molecule has 0 bridgehead atoms. The highest BCUT2D eigenvalue weighted by Gasteiger charge is 2.26. The van der Waals surface area contributed by atoms with E-state index in [0.29, 0.717) is 12.1 Å². The molecule has 110 valence electrons. The third-order valence-corrected chi connectivity index (χ3v) is 4.70. The third kappa shape index (κ3) is 2.96. The van der Waals surface area contributed by atoms with Crippen molar-refractivity contribution >= 4 is 5.69 Å². The third-order valence-electron chi connectivity index (χ3n) is 4.70. The molecule has 21 heavy (non-hydrogen) atoms. The number of likely N-dealkylation sites (N-methyl/N-ethyl adjacent to an activating group) is 1. The van der Waals surface area contributed by atoms with Crippen molar-refractivity contribution in [1.29, 1.82) is 0 Å². The molecule has 2 atom stereocenters. The molecule has 0 unspecified atom stereocenters. The molecule has 2 nitrogen and oxygen atoms in total. The molecule has 1 fully saturated rings. The van der Waals surface area contributed by atoms with Gasteiger partial charge in [0.1, 0.15) is 0 Å². The number of benzene rings is 2. The average Bonchev–Trinajstić information content (AvgIpc) is 2.53.